The number of carbonyl (C=O) groups excluding carboxylic acids is 1. The largest absolute Gasteiger partial charge is 0.550 e. The normalized spacial score (nSPS) is 10.5. The van der Waals surface area contributed by atoms with Crippen LogP contribution in [0.3, 0.4) is 0 Å². The molecular weight excluding hydrogens is 519 g/mol. The van der Waals surface area contributed by atoms with Crippen LogP contribution in [0.2, 0.25) is 0 Å². The van der Waals surface area contributed by atoms with E-state index >= 15 is 0 Å². The summed E-state index contributed by atoms with van der Waals surface area (Å²) in [4.78, 5) is 10.2. The van der Waals surface area contributed by atoms with Gasteiger partial charge in [0.25, 0.3) is 0 Å². The molecule has 2 rings (SSSR count). The summed E-state index contributed by atoms with van der Waals surface area (Å²) in [5.41, 5.74) is 0. The number of unbranched alkanes of at least 4 members (excludes halogenated alkanes) is 14. The maximum atomic E-state index is 10.2. The quantitative estimate of drug-likeness (QED) is 0.193. The van der Waals surface area contributed by atoms with Crippen LogP contribution in [0.5, 0.6) is 0 Å². The average Bonchev–Trinajstić information content (AvgIpc) is 2.83. The van der Waals surface area contributed by atoms with Gasteiger partial charge in [0.05, 0.1) is 0 Å². The Balaban J connectivity index is 0.000000357. The lowest BCUT2D eigenvalue weighted by molar-refractivity contribution is -0.597. The van der Waals surface area contributed by atoms with Crippen molar-refractivity contribution in [2.24, 2.45) is 0 Å². The Kier molecular flexibility index (Phi) is 20.2. The van der Waals surface area contributed by atoms with Crippen molar-refractivity contribution in [3.05, 3.63) is 67.8 Å². The minimum atomic E-state index is -0.903. The van der Waals surface area contributed by atoms with E-state index in [0.29, 0.717) is 0 Å². The van der Waals surface area contributed by atoms with E-state index in [9.17, 15) is 9.90 Å². The second kappa shape index (κ2) is 22.4. The van der Waals surface area contributed by atoms with Crippen molar-refractivity contribution in [3.63, 3.8) is 0 Å². The minimum Gasteiger partial charge on any atom is -0.550 e. The van der Waals surface area contributed by atoms with Gasteiger partial charge in [0.15, 0.2) is 7.14 Å². The van der Waals surface area contributed by atoms with E-state index in [4.69, 9.17) is 0 Å². The highest BCUT2D eigenvalue weighted by molar-refractivity contribution is 5.64. The van der Waals surface area contributed by atoms with Gasteiger partial charge in [-0.1, -0.05) is 133 Å². The summed E-state index contributed by atoms with van der Waals surface area (Å²) in [5, 5.41) is 10.2. The van der Waals surface area contributed by atoms with Crippen molar-refractivity contribution < 1.29 is 31.1 Å². The van der Waals surface area contributed by atoms with Gasteiger partial charge in [0, 0.05) is 5.97 Å². The summed E-state index contributed by atoms with van der Waals surface area (Å²) < 4.78 is 2.96. The van der Waals surface area contributed by atoms with Crippen LogP contribution in [-0.4, -0.2) is 5.97 Å². The van der Waals surface area contributed by atoms with Crippen molar-refractivity contribution in [2.45, 2.75) is 110 Å². The Bertz CT molecular complexity index is 635. The average molecular weight is 565 g/mol. The molecule has 0 atom stereocenters. The van der Waals surface area contributed by atoms with Gasteiger partial charge in [0.1, 0.15) is 0 Å². The molecule has 3 heteroatoms. The molecule has 0 saturated carbocycles. The number of halogens is 1. The van der Waals surface area contributed by atoms with Crippen molar-refractivity contribution >= 4 is 5.97 Å². The molecule has 0 fully saturated rings. The number of hydrogen-bond donors (Lipinski definition) is 0. The molecule has 0 saturated heterocycles. The standard InChI is InChI=1S/C18H36O2.C12H10I/c1-2-3-4-5-6-7-8-9-10-11-12-13-14-15-16-17-18(19)20;1-3-7-11(8-4-1)13-12-9-5-2-6-10-12/h2-17H2,1H3,(H,19,20);1-10H/q;+1/p-1. The van der Waals surface area contributed by atoms with E-state index in [1.165, 1.54) is 90.6 Å². The molecule has 184 valence electrons. The van der Waals surface area contributed by atoms with E-state index in [1.54, 1.807) is 0 Å². The summed E-state index contributed by atoms with van der Waals surface area (Å²) in [5.74, 6) is -0.903. The highest BCUT2D eigenvalue weighted by Gasteiger charge is 2.12. The van der Waals surface area contributed by atoms with Crippen molar-refractivity contribution in [3.8, 4) is 0 Å². The number of carbonyl (C=O) groups is 1. The number of hydrogen-bond acceptors (Lipinski definition) is 2. The van der Waals surface area contributed by atoms with Gasteiger partial charge >= 0.3 is 21.2 Å². The van der Waals surface area contributed by atoms with Crippen LogP contribution in [0, 0.1) is 7.14 Å². The molecule has 0 heterocycles. The van der Waals surface area contributed by atoms with E-state index in [2.05, 4.69) is 67.6 Å². The smallest absolute Gasteiger partial charge is 0.357 e. The summed E-state index contributed by atoms with van der Waals surface area (Å²) in [6.45, 7) is 2.27. The van der Waals surface area contributed by atoms with E-state index in [1.807, 2.05) is 0 Å². The Morgan fingerprint density at radius 2 is 0.909 bits per heavy atom. The highest BCUT2D eigenvalue weighted by atomic mass is 127. The zero-order valence-electron chi connectivity index (χ0n) is 20.8. The van der Waals surface area contributed by atoms with Crippen LogP contribution >= 0.6 is 0 Å². The summed E-state index contributed by atoms with van der Waals surface area (Å²) in [6, 6.07) is 21.4. The van der Waals surface area contributed by atoms with Crippen molar-refractivity contribution in [1.29, 1.82) is 0 Å². The van der Waals surface area contributed by atoms with Gasteiger partial charge in [0.2, 0.25) is 0 Å². The third-order valence-electron chi connectivity index (χ3n) is 5.67. The SMILES string of the molecule is CCCCCCCCCCCCCCCCCC(=O)[O-].c1ccc([I+]c2ccccc2)cc1. The van der Waals surface area contributed by atoms with Gasteiger partial charge in [-0.05, 0) is 37.1 Å². The summed E-state index contributed by atoms with van der Waals surface area (Å²) in [7, 11) is 0. The first-order valence-electron chi connectivity index (χ1n) is 13.2. The molecule has 33 heavy (non-hydrogen) atoms. The van der Waals surface area contributed by atoms with Crippen LogP contribution in [0.25, 0.3) is 0 Å². The van der Waals surface area contributed by atoms with Gasteiger partial charge in [-0.25, -0.2) is 0 Å². The number of rotatable bonds is 18. The second-order valence-electron chi connectivity index (χ2n) is 8.76. The van der Waals surface area contributed by atoms with Gasteiger partial charge in [-0.15, -0.1) is 0 Å². The number of carboxylic acid groups (broad SMARTS) is 1. The van der Waals surface area contributed by atoms with Crippen LogP contribution in [0.1, 0.15) is 110 Å². The van der Waals surface area contributed by atoms with Gasteiger partial charge in [-0.3, -0.25) is 0 Å². The predicted molar refractivity (Wildman–Crippen MR) is 135 cm³/mol. The molecule has 0 unspecified atom stereocenters. The Morgan fingerprint density at radius 3 is 1.24 bits per heavy atom. The molecule has 2 aromatic carbocycles. The zero-order chi connectivity index (χ0) is 23.8. The molecular formula is C30H45IO2. The number of aliphatic carboxylic acids is 1. The molecule has 0 aromatic heterocycles. The van der Waals surface area contributed by atoms with Crippen LogP contribution in [0.4, 0.5) is 0 Å². The molecule has 2 nitrogen and oxygen atoms in total. The summed E-state index contributed by atoms with van der Waals surface area (Å²) >= 11 is 0.0287. The van der Waals surface area contributed by atoms with Crippen LogP contribution in [-0.2, 0) is 4.79 Å². The Labute approximate surface area is 213 Å². The fourth-order valence-corrected chi connectivity index (χ4v) is 5.99. The molecule has 0 bridgehead atoms. The first-order valence-corrected chi connectivity index (χ1v) is 15.3. The van der Waals surface area contributed by atoms with Crippen LogP contribution < -0.4 is 26.3 Å². The fourth-order valence-electron chi connectivity index (χ4n) is 3.72. The lowest BCUT2D eigenvalue weighted by Gasteiger charge is -2.04. The lowest BCUT2D eigenvalue weighted by Crippen LogP contribution is -3.61. The first kappa shape index (κ1) is 29.7. The van der Waals surface area contributed by atoms with E-state index in [0.717, 1.165) is 12.8 Å². The molecule has 0 radical (unpaired) electrons. The highest BCUT2D eigenvalue weighted by Crippen LogP contribution is 2.13. The third-order valence-corrected chi connectivity index (χ3v) is 8.35. The molecule has 0 spiro atoms. The van der Waals surface area contributed by atoms with Crippen molar-refractivity contribution in [2.75, 3.05) is 0 Å². The molecule has 0 aliphatic heterocycles. The van der Waals surface area contributed by atoms with E-state index < -0.39 is 5.97 Å². The maximum absolute atomic E-state index is 10.2. The van der Waals surface area contributed by atoms with E-state index in [-0.39, 0.29) is 27.6 Å². The Morgan fingerprint density at radius 1 is 0.576 bits per heavy atom. The third kappa shape index (κ3) is 19.8. The van der Waals surface area contributed by atoms with Crippen LogP contribution in [0.15, 0.2) is 60.7 Å². The number of carboxylic acids is 1. The summed E-state index contributed by atoms with van der Waals surface area (Å²) in [6.07, 6.45) is 19.9. The number of benzene rings is 2. The zero-order valence-corrected chi connectivity index (χ0v) is 22.9. The van der Waals surface area contributed by atoms with Gasteiger partial charge < -0.3 is 9.90 Å². The predicted octanol–water partition coefficient (Wildman–Crippen LogP) is 4.81. The molecule has 0 aliphatic rings. The lowest BCUT2D eigenvalue weighted by atomic mass is 10.0. The topological polar surface area (TPSA) is 40.1 Å². The fraction of sp³-hybridized carbons (Fsp3) is 0.567. The minimum absolute atomic E-state index is 0.0287. The molecule has 2 aromatic rings. The molecule has 0 aliphatic carbocycles. The molecule has 0 amide bonds. The Hall–Kier alpha value is -1.36. The van der Waals surface area contributed by atoms with Gasteiger partial charge in [-0.2, -0.15) is 0 Å². The van der Waals surface area contributed by atoms with Crippen molar-refractivity contribution in [1.82, 2.24) is 0 Å². The molecule has 0 N–H and O–H groups in total. The first-order chi connectivity index (χ1) is 16.2. The maximum Gasteiger partial charge on any atom is 0.357 e. The monoisotopic (exact) mass is 564 g/mol. The second-order valence-corrected chi connectivity index (χ2v) is 11.8.